The van der Waals surface area contributed by atoms with Crippen molar-refractivity contribution in [2.24, 2.45) is 0 Å². The van der Waals surface area contributed by atoms with E-state index < -0.39 is 0 Å². The van der Waals surface area contributed by atoms with Gasteiger partial charge in [-0.2, -0.15) is 0 Å². The monoisotopic (exact) mass is 368 g/mol. The maximum atomic E-state index is 12.4. The molecular weight excluding hydrogens is 340 g/mol. The number of benzene rings is 1. The van der Waals surface area contributed by atoms with Gasteiger partial charge in [0.2, 0.25) is 5.91 Å². The van der Waals surface area contributed by atoms with Gasteiger partial charge in [0.1, 0.15) is 0 Å². The number of hydrogen-bond donors (Lipinski definition) is 1. The zero-order chi connectivity index (χ0) is 16.6. The van der Waals surface area contributed by atoms with Gasteiger partial charge < -0.3 is 19.7 Å². The molecule has 1 aromatic rings. The molecule has 0 saturated carbocycles. The van der Waals surface area contributed by atoms with Crippen molar-refractivity contribution < 1.29 is 14.3 Å². The minimum absolute atomic E-state index is 0. The van der Waals surface area contributed by atoms with Gasteiger partial charge in [0.15, 0.2) is 0 Å². The minimum atomic E-state index is 0. The van der Waals surface area contributed by atoms with Crippen LogP contribution in [0, 0.1) is 0 Å². The highest BCUT2D eigenvalue weighted by molar-refractivity contribution is 5.85. The van der Waals surface area contributed by atoms with Crippen molar-refractivity contribution in [1.82, 2.24) is 10.2 Å². The molecule has 0 aromatic heterocycles. The highest BCUT2D eigenvalue weighted by atomic mass is 35.5. The molecule has 1 aromatic carbocycles. The summed E-state index contributed by atoms with van der Waals surface area (Å²) < 4.78 is 11.4. The molecular formula is C19H29ClN2O3. The second kappa shape index (κ2) is 10.8. The van der Waals surface area contributed by atoms with Crippen LogP contribution in [0.2, 0.25) is 0 Å². The van der Waals surface area contributed by atoms with Crippen molar-refractivity contribution >= 4 is 18.3 Å². The van der Waals surface area contributed by atoms with Crippen LogP contribution in [-0.4, -0.2) is 62.4 Å². The molecule has 1 N–H and O–H groups in total. The van der Waals surface area contributed by atoms with Crippen molar-refractivity contribution in [3.05, 3.63) is 35.9 Å². The Balaban J connectivity index is 0.00000225. The molecule has 6 heteroatoms. The number of carbonyl (C=O) groups is 1. The Morgan fingerprint density at radius 3 is 2.68 bits per heavy atom. The average Bonchev–Trinajstić information content (AvgIpc) is 2.64. The molecule has 5 nitrogen and oxygen atoms in total. The lowest BCUT2D eigenvalue weighted by Gasteiger charge is -2.33. The summed E-state index contributed by atoms with van der Waals surface area (Å²) in [5.74, 6) is 0.237. The first-order valence-electron chi connectivity index (χ1n) is 9.05. The summed E-state index contributed by atoms with van der Waals surface area (Å²) in [6.07, 6.45) is 3.66. The van der Waals surface area contributed by atoms with Crippen LogP contribution in [0.25, 0.3) is 0 Å². The van der Waals surface area contributed by atoms with Crippen LogP contribution in [0.5, 0.6) is 0 Å². The van der Waals surface area contributed by atoms with E-state index in [2.05, 4.69) is 29.6 Å². The van der Waals surface area contributed by atoms with Crippen LogP contribution < -0.4 is 5.32 Å². The van der Waals surface area contributed by atoms with Gasteiger partial charge in [-0.15, -0.1) is 12.4 Å². The highest BCUT2D eigenvalue weighted by Gasteiger charge is 2.25. The van der Waals surface area contributed by atoms with Gasteiger partial charge in [-0.1, -0.05) is 30.3 Å². The van der Waals surface area contributed by atoms with E-state index in [4.69, 9.17) is 9.47 Å². The molecule has 2 aliphatic heterocycles. The third-order valence-corrected chi connectivity index (χ3v) is 4.80. The zero-order valence-corrected chi connectivity index (χ0v) is 15.5. The van der Waals surface area contributed by atoms with E-state index >= 15 is 0 Å². The van der Waals surface area contributed by atoms with Crippen molar-refractivity contribution in [2.75, 3.05) is 39.5 Å². The third-order valence-electron chi connectivity index (χ3n) is 4.80. The Hall–Kier alpha value is -1.14. The molecule has 1 amide bonds. The number of rotatable bonds is 6. The van der Waals surface area contributed by atoms with E-state index in [9.17, 15) is 4.79 Å². The van der Waals surface area contributed by atoms with Gasteiger partial charge in [-0.05, 0) is 24.8 Å². The van der Waals surface area contributed by atoms with Crippen LogP contribution in [-0.2, 0) is 20.7 Å². The van der Waals surface area contributed by atoms with Crippen molar-refractivity contribution in [3.63, 3.8) is 0 Å². The fourth-order valence-electron chi connectivity index (χ4n) is 3.35. The number of morpholine rings is 1. The zero-order valence-electron chi connectivity index (χ0n) is 14.7. The van der Waals surface area contributed by atoms with Crippen LogP contribution in [0.15, 0.2) is 30.3 Å². The fourth-order valence-corrected chi connectivity index (χ4v) is 3.35. The Morgan fingerprint density at radius 2 is 2.00 bits per heavy atom. The van der Waals surface area contributed by atoms with Gasteiger partial charge >= 0.3 is 0 Å². The van der Waals surface area contributed by atoms with Gasteiger partial charge in [0, 0.05) is 32.1 Å². The number of halogens is 1. The molecule has 0 aliphatic carbocycles. The van der Waals surface area contributed by atoms with E-state index in [-0.39, 0.29) is 30.5 Å². The van der Waals surface area contributed by atoms with Crippen LogP contribution >= 0.6 is 12.4 Å². The first kappa shape index (κ1) is 20.2. The van der Waals surface area contributed by atoms with E-state index in [1.807, 2.05) is 11.0 Å². The summed E-state index contributed by atoms with van der Waals surface area (Å²) >= 11 is 0. The first-order chi connectivity index (χ1) is 11.8. The molecule has 3 rings (SSSR count). The Labute approximate surface area is 156 Å². The number of piperidine rings is 1. The summed E-state index contributed by atoms with van der Waals surface area (Å²) in [6.45, 7) is 4.60. The smallest absolute Gasteiger partial charge is 0.224 e. The number of nitrogens with one attached hydrogen (secondary N) is 1. The molecule has 0 radical (unpaired) electrons. The molecule has 1 unspecified atom stereocenters. The second-order valence-corrected chi connectivity index (χ2v) is 6.62. The second-order valence-electron chi connectivity index (χ2n) is 6.62. The van der Waals surface area contributed by atoms with Crippen molar-refractivity contribution in [1.29, 1.82) is 0 Å². The number of hydrogen-bond acceptors (Lipinski definition) is 4. The standard InChI is InChI=1S/C19H28N2O3.ClH/c22-19(14-17-15-23-13-9-20-17)21-10-6-18(7-11-21)24-12-8-16-4-2-1-3-5-16;/h1-5,17-18,20H,6-15H2;1H. The topological polar surface area (TPSA) is 50.8 Å². The summed E-state index contributed by atoms with van der Waals surface area (Å²) in [6, 6.07) is 10.6. The van der Waals surface area contributed by atoms with Gasteiger partial charge in [0.25, 0.3) is 0 Å². The van der Waals surface area contributed by atoms with Crippen molar-refractivity contribution in [2.45, 2.75) is 37.8 Å². The summed E-state index contributed by atoms with van der Waals surface area (Å²) in [4.78, 5) is 14.3. The fraction of sp³-hybridized carbons (Fsp3) is 0.632. The number of nitrogens with zero attached hydrogens (tertiary/aromatic N) is 1. The SMILES string of the molecule is Cl.O=C(CC1COCCN1)N1CCC(OCCc2ccccc2)CC1. The van der Waals surface area contributed by atoms with E-state index in [0.29, 0.717) is 13.0 Å². The normalized spacial score (nSPS) is 21.6. The Bertz CT molecular complexity index is 501. The highest BCUT2D eigenvalue weighted by Crippen LogP contribution is 2.16. The summed E-state index contributed by atoms with van der Waals surface area (Å²) in [7, 11) is 0. The van der Waals surface area contributed by atoms with E-state index in [1.165, 1.54) is 5.56 Å². The molecule has 25 heavy (non-hydrogen) atoms. The van der Waals surface area contributed by atoms with Crippen LogP contribution in [0.3, 0.4) is 0 Å². The number of amides is 1. The first-order valence-corrected chi connectivity index (χ1v) is 9.05. The Morgan fingerprint density at radius 1 is 1.24 bits per heavy atom. The van der Waals surface area contributed by atoms with E-state index in [1.54, 1.807) is 0 Å². The molecule has 140 valence electrons. The Kier molecular flexibility index (Phi) is 8.68. The predicted molar refractivity (Wildman–Crippen MR) is 100 cm³/mol. The maximum absolute atomic E-state index is 12.4. The molecule has 2 heterocycles. The molecule has 2 fully saturated rings. The number of ether oxygens (including phenoxy) is 2. The van der Waals surface area contributed by atoms with Crippen LogP contribution in [0.4, 0.5) is 0 Å². The molecule has 0 spiro atoms. The third kappa shape index (κ3) is 6.59. The quantitative estimate of drug-likeness (QED) is 0.834. The van der Waals surface area contributed by atoms with Crippen molar-refractivity contribution in [3.8, 4) is 0 Å². The predicted octanol–water partition coefficient (Wildman–Crippen LogP) is 2.04. The van der Waals surface area contributed by atoms with Gasteiger partial charge in [-0.3, -0.25) is 4.79 Å². The molecule has 2 saturated heterocycles. The minimum Gasteiger partial charge on any atom is -0.378 e. The molecule has 2 aliphatic rings. The summed E-state index contributed by atoms with van der Waals surface area (Å²) in [5, 5.41) is 3.34. The van der Waals surface area contributed by atoms with Gasteiger partial charge in [0.05, 0.1) is 25.9 Å². The lowest BCUT2D eigenvalue weighted by Crippen LogP contribution is -2.47. The van der Waals surface area contributed by atoms with Gasteiger partial charge in [-0.25, -0.2) is 0 Å². The summed E-state index contributed by atoms with van der Waals surface area (Å²) in [5.41, 5.74) is 1.31. The molecule has 1 atom stereocenters. The largest absolute Gasteiger partial charge is 0.378 e. The average molecular weight is 369 g/mol. The lowest BCUT2D eigenvalue weighted by atomic mass is 10.1. The maximum Gasteiger partial charge on any atom is 0.224 e. The lowest BCUT2D eigenvalue weighted by molar-refractivity contribution is -0.135. The molecule has 0 bridgehead atoms. The van der Waals surface area contributed by atoms with Crippen LogP contribution in [0.1, 0.15) is 24.8 Å². The number of likely N-dealkylation sites (tertiary alicyclic amines) is 1. The van der Waals surface area contributed by atoms with E-state index in [0.717, 1.165) is 52.1 Å². The number of carbonyl (C=O) groups excluding carboxylic acids is 1.